The van der Waals surface area contributed by atoms with Crippen LogP contribution in [0.2, 0.25) is 5.02 Å². The van der Waals surface area contributed by atoms with Gasteiger partial charge in [0.15, 0.2) is 11.0 Å². The molecule has 2 aromatic carbocycles. The van der Waals surface area contributed by atoms with Crippen molar-refractivity contribution in [3.8, 4) is 11.4 Å². The topological polar surface area (TPSA) is 59.8 Å². The van der Waals surface area contributed by atoms with Crippen LogP contribution in [-0.4, -0.2) is 26.4 Å². The molecular weight excluding hydrogens is 380 g/mol. The highest BCUT2D eigenvalue weighted by Crippen LogP contribution is 2.28. The summed E-state index contributed by atoms with van der Waals surface area (Å²) in [5, 5.41) is 12.6. The Morgan fingerprint density at radius 3 is 2.48 bits per heavy atom. The molecule has 0 unspecified atom stereocenters. The van der Waals surface area contributed by atoms with E-state index in [1.807, 2.05) is 68.8 Å². The van der Waals surface area contributed by atoms with Crippen molar-refractivity contribution in [3.63, 3.8) is 0 Å². The highest BCUT2D eigenvalue weighted by atomic mass is 35.5. The van der Waals surface area contributed by atoms with Gasteiger partial charge in [0.25, 0.3) is 0 Å². The number of amides is 1. The predicted molar refractivity (Wildman–Crippen MR) is 111 cm³/mol. The van der Waals surface area contributed by atoms with Gasteiger partial charge in [-0.25, -0.2) is 0 Å². The van der Waals surface area contributed by atoms with Gasteiger partial charge in [-0.3, -0.25) is 4.79 Å². The number of carbonyl (C=O) groups excluding carboxylic acids is 1. The van der Waals surface area contributed by atoms with Gasteiger partial charge in [0, 0.05) is 12.6 Å². The number of anilines is 1. The summed E-state index contributed by atoms with van der Waals surface area (Å²) in [7, 11) is 1.90. The molecule has 140 valence electrons. The number of hydrogen-bond acceptors (Lipinski definition) is 4. The van der Waals surface area contributed by atoms with Crippen molar-refractivity contribution in [3.05, 3.63) is 58.1 Å². The van der Waals surface area contributed by atoms with Crippen molar-refractivity contribution in [2.45, 2.75) is 25.9 Å². The molecule has 1 amide bonds. The summed E-state index contributed by atoms with van der Waals surface area (Å²) < 4.78 is 1.90. The number of aromatic nitrogens is 3. The van der Waals surface area contributed by atoms with Crippen molar-refractivity contribution >= 4 is 35.0 Å². The van der Waals surface area contributed by atoms with E-state index < -0.39 is 0 Å². The number of aryl methyl sites for hydroxylation is 3. The molecule has 0 saturated carbocycles. The zero-order valence-electron chi connectivity index (χ0n) is 15.7. The van der Waals surface area contributed by atoms with E-state index in [-0.39, 0.29) is 11.7 Å². The van der Waals surface area contributed by atoms with Crippen molar-refractivity contribution in [2.24, 2.45) is 7.05 Å². The fourth-order valence-corrected chi connectivity index (χ4v) is 3.85. The van der Waals surface area contributed by atoms with E-state index in [1.54, 1.807) is 0 Å². The van der Waals surface area contributed by atoms with E-state index in [1.165, 1.54) is 17.3 Å². The molecule has 7 heteroatoms. The molecule has 0 aliphatic heterocycles. The van der Waals surface area contributed by atoms with Crippen LogP contribution >= 0.6 is 23.4 Å². The second kappa shape index (κ2) is 8.15. The number of rotatable bonds is 5. The molecule has 5 nitrogen and oxygen atoms in total. The van der Waals surface area contributed by atoms with Gasteiger partial charge in [-0.15, -0.1) is 10.2 Å². The lowest BCUT2D eigenvalue weighted by Crippen LogP contribution is -2.15. The largest absolute Gasteiger partial charge is 0.324 e. The second-order valence-electron chi connectivity index (χ2n) is 6.51. The number of benzene rings is 2. The molecule has 0 atom stereocenters. The van der Waals surface area contributed by atoms with Gasteiger partial charge in [0.05, 0.1) is 16.5 Å². The molecule has 0 radical (unpaired) electrons. The third-order valence-electron chi connectivity index (χ3n) is 4.17. The third kappa shape index (κ3) is 4.51. The van der Waals surface area contributed by atoms with Gasteiger partial charge in [0.1, 0.15) is 0 Å². The first-order chi connectivity index (χ1) is 12.8. The van der Waals surface area contributed by atoms with E-state index in [0.29, 0.717) is 15.9 Å². The summed E-state index contributed by atoms with van der Waals surface area (Å²) in [5.74, 6) is 0.868. The normalized spacial score (nSPS) is 10.9. The van der Waals surface area contributed by atoms with E-state index in [2.05, 4.69) is 15.5 Å². The second-order valence-corrected chi connectivity index (χ2v) is 7.86. The van der Waals surface area contributed by atoms with Crippen LogP contribution in [0.15, 0.2) is 41.6 Å². The van der Waals surface area contributed by atoms with Crippen LogP contribution in [0.25, 0.3) is 11.4 Å². The van der Waals surface area contributed by atoms with Crippen molar-refractivity contribution in [1.82, 2.24) is 14.8 Å². The Bertz CT molecular complexity index is 959. The summed E-state index contributed by atoms with van der Waals surface area (Å²) >= 11 is 7.60. The first-order valence-electron chi connectivity index (χ1n) is 8.51. The number of carbonyl (C=O) groups is 1. The number of halogens is 1. The summed E-state index contributed by atoms with van der Waals surface area (Å²) in [6.45, 7) is 5.95. The maximum Gasteiger partial charge on any atom is 0.234 e. The van der Waals surface area contributed by atoms with Crippen molar-refractivity contribution in [1.29, 1.82) is 0 Å². The molecule has 3 rings (SSSR count). The molecule has 0 aliphatic rings. The van der Waals surface area contributed by atoms with Crippen LogP contribution in [0.5, 0.6) is 0 Å². The lowest BCUT2D eigenvalue weighted by atomic mass is 10.1. The lowest BCUT2D eigenvalue weighted by Gasteiger charge is -2.11. The van der Waals surface area contributed by atoms with Gasteiger partial charge < -0.3 is 9.88 Å². The van der Waals surface area contributed by atoms with E-state index in [0.717, 1.165) is 22.5 Å². The fourth-order valence-electron chi connectivity index (χ4n) is 2.77. The Labute approximate surface area is 168 Å². The van der Waals surface area contributed by atoms with E-state index >= 15 is 0 Å². The number of hydrogen-bond donors (Lipinski definition) is 1. The first-order valence-corrected chi connectivity index (χ1v) is 9.87. The number of nitrogens with one attached hydrogen (secondary N) is 1. The molecule has 1 aromatic heterocycles. The SMILES string of the molecule is Cc1ccc(-c2nnc(SCC(=O)Nc3c(C)cc(C)cc3Cl)n2C)cc1. The molecule has 0 spiro atoms. The minimum atomic E-state index is -0.131. The molecule has 0 aliphatic carbocycles. The first kappa shape index (κ1) is 19.5. The average Bonchev–Trinajstić information content (AvgIpc) is 2.98. The highest BCUT2D eigenvalue weighted by Gasteiger charge is 2.14. The maximum atomic E-state index is 12.4. The molecule has 0 saturated heterocycles. The number of thioether (sulfide) groups is 1. The lowest BCUT2D eigenvalue weighted by molar-refractivity contribution is -0.113. The van der Waals surface area contributed by atoms with Crippen LogP contribution in [-0.2, 0) is 11.8 Å². The summed E-state index contributed by atoms with van der Waals surface area (Å²) in [5.41, 5.74) is 4.85. The van der Waals surface area contributed by atoms with Crippen LogP contribution in [0.3, 0.4) is 0 Å². The summed E-state index contributed by atoms with van der Waals surface area (Å²) in [4.78, 5) is 12.4. The Hall–Kier alpha value is -2.31. The smallest absolute Gasteiger partial charge is 0.234 e. The molecule has 1 heterocycles. The molecular formula is C20H21ClN4OS. The van der Waals surface area contributed by atoms with E-state index in [4.69, 9.17) is 11.6 Å². The summed E-state index contributed by atoms with van der Waals surface area (Å²) in [6, 6.07) is 11.9. The minimum absolute atomic E-state index is 0.131. The molecule has 0 fully saturated rings. The molecule has 1 N–H and O–H groups in total. The molecule has 27 heavy (non-hydrogen) atoms. The quantitative estimate of drug-likeness (QED) is 0.625. The monoisotopic (exact) mass is 400 g/mol. The zero-order valence-corrected chi connectivity index (χ0v) is 17.3. The summed E-state index contributed by atoms with van der Waals surface area (Å²) in [6.07, 6.45) is 0. The van der Waals surface area contributed by atoms with Crippen molar-refractivity contribution in [2.75, 3.05) is 11.1 Å². The van der Waals surface area contributed by atoms with Gasteiger partial charge in [0.2, 0.25) is 5.91 Å². The van der Waals surface area contributed by atoms with Crippen LogP contribution in [0, 0.1) is 20.8 Å². The van der Waals surface area contributed by atoms with Crippen molar-refractivity contribution < 1.29 is 4.79 Å². The van der Waals surface area contributed by atoms with E-state index in [9.17, 15) is 4.79 Å². The van der Waals surface area contributed by atoms with Crippen LogP contribution in [0.1, 0.15) is 16.7 Å². The fraction of sp³-hybridized carbons (Fsp3) is 0.250. The Balaban J connectivity index is 1.67. The number of nitrogens with zero attached hydrogens (tertiary/aromatic N) is 3. The standard InChI is InChI=1S/C20H21ClN4OS/c1-12-5-7-15(8-6-12)19-23-24-20(25(19)4)27-11-17(26)22-18-14(3)9-13(2)10-16(18)21/h5-10H,11H2,1-4H3,(H,22,26). The van der Waals surface area contributed by atoms with Crippen LogP contribution < -0.4 is 5.32 Å². The zero-order chi connectivity index (χ0) is 19.6. The Morgan fingerprint density at radius 2 is 1.81 bits per heavy atom. The predicted octanol–water partition coefficient (Wildman–Crippen LogP) is 4.79. The van der Waals surface area contributed by atoms with Gasteiger partial charge in [-0.1, -0.05) is 59.3 Å². The maximum absolute atomic E-state index is 12.4. The van der Waals surface area contributed by atoms with Gasteiger partial charge in [-0.2, -0.15) is 0 Å². The Kier molecular flexibility index (Phi) is 5.87. The van der Waals surface area contributed by atoms with Gasteiger partial charge in [-0.05, 0) is 38.0 Å². The minimum Gasteiger partial charge on any atom is -0.324 e. The Morgan fingerprint density at radius 1 is 1.11 bits per heavy atom. The average molecular weight is 401 g/mol. The highest BCUT2D eigenvalue weighted by molar-refractivity contribution is 7.99. The third-order valence-corrected chi connectivity index (χ3v) is 5.49. The molecule has 0 bridgehead atoms. The van der Waals surface area contributed by atoms with Gasteiger partial charge >= 0.3 is 0 Å². The molecule has 3 aromatic rings. The van der Waals surface area contributed by atoms with Crippen LogP contribution in [0.4, 0.5) is 5.69 Å².